The zero-order chi connectivity index (χ0) is 16.4. The highest BCUT2D eigenvalue weighted by molar-refractivity contribution is 5.96. The maximum Gasteiger partial charge on any atom is 0.225 e. The Morgan fingerprint density at radius 1 is 1.08 bits per heavy atom. The van der Waals surface area contributed by atoms with Gasteiger partial charge in [0.05, 0.1) is 0 Å². The van der Waals surface area contributed by atoms with Crippen LogP contribution in [0.15, 0.2) is 54.9 Å². The van der Waals surface area contributed by atoms with Crippen LogP contribution in [0.4, 0.5) is 5.95 Å². The Morgan fingerprint density at radius 2 is 1.88 bits per heavy atom. The Balaban J connectivity index is 1.68. The van der Waals surface area contributed by atoms with E-state index in [2.05, 4.69) is 69.6 Å². The van der Waals surface area contributed by atoms with Crippen LogP contribution in [0.5, 0.6) is 0 Å². The predicted octanol–water partition coefficient (Wildman–Crippen LogP) is 3.49. The van der Waals surface area contributed by atoms with Crippen molar-refractivity contribution in [3.05, 3.63) is 54.9 Å². The molecule has 4 heteroatoms. The predicted molar refractivity (Wildman–Crippen MR) is 99.3 cm³/mol. The van der Waals surface area contributed by atoms with Crippen molar-refractivity contribution in [3.63, 3.8) is 0 Å². The van der Waals surface area contributed by atoms with Crippen LogP contribution in [0.2, 0.25) is 0 Å². The zero-order valence-electron chi connectivity index (χ0n) is 13.9. The van der Waals surface area contributed by atoms with E-state index in [4.69, 9.17) is 0 Å². The molecule has 1 unspecified atom stereocenters. The van der Waals surface area contributed by atoms with Crippen molar-refractivity contribution in [1.82, 2.24) is 15.3 Å². The maximum absolute atomic E-state index is 4.67. The molecule has 4 rings (SSSR count). The van der Waals surface area contributed by atoms with E-state index in [9.17, 15) is 0 Å². The standard InChI is InChI=1S/C20H22N4/c1-2-17-14-21-10-11-24(17)20-22-12-16(13-23-20)19-9-5-7-15-6-3-4-8-18(15)19/h3-9,12-13,17,21H,2,10-11,14H2,1H3. The summed E-state index contributed by atoms with van der Waals surface area (Å²) in [6.45, 7) is 5.18. The third-order valence-electron chi connectivity index (χ3n) is 4.82. The zero-order valence-corrected chi connectivity index (χ0v) is 13.9. The van der Waals surface area contributed by atoms with Gasteiger partial charge in [0, 0.05) is 43.6 Å². The second kappa shape index (κ2) is 6.57. The maximum atomic E-state index is 4.67. The summed E-state index contributed by atoms with van der Waals surface area (Å²) in [7, 11) is 0. The first-order valence-corrected chi connectivity index (χ1v) is 8.64. The topological polar surface area (TPSA) is 41.0 Å². The van der Waals surface area contributed by atoms with Gasteiger partial charge in [-0.25, -0.2) is 9.97 Å². The van der Waals surface area contributed by atoms with Gasteiger partial charge in [0.1, 0.15) is 0 Å². The average molecular weight is 318 g/mol. The third kappa shape index (κ3) is 2.74. The van der Waals surface area contributed by atoms with Gasteiger partial charge in [-0.2, -0.15) is 0 Å². The minimum absolute atomic E-state index is 0.474. The molecule has 0 bridgehead atoms. The lowest BCUT2D eigenvalue weighted by atomic mass is 10.0. The van der Waals surface area contributed by atoms with Crippen LogP contribution < -0.4 is 10.2 Å². The van der Waals surface area contributed by atoms with Gasteiger partial charge in [0.25, 0.3) is 0 Å². The minimum atomic E-state index is 0.474. The van der Waals surface area contributed by atoms with Crippen LogP contribution in [-0.4, -0.2) is 35.6 Å². The van der Waals surface area contributed by atoms with E-state index in [1.165, 1.54) is 16.3 Å². The first kappa shape index (κ1) is 15.1. The highest BCUT2D eigenvalue weighted by atomic mass is 15.3. The highest BCUT2D eigenvalue weighted by Gasteiger charge is 2.22. The number of hydrogen-bond donors (Lipinski definition) is 1. The summed E-state index contributed by atoms with van der Waals surface area (Å²) in [5.41, 5.74) is 2.26. The summed E-state index contributed by atoms with van der Waals surface area (Å²) in [5.74, 6) is 0.840. The molecule has 3 aromatic rings. The lowest BCUT2D eigenvalue weighted by molar-refractivity contribution is 0.459. The van der Waals surface area contributed by atoms with Crippen LogP contribution in [-0.2, 0) is 0 Å². The van der Waals surface area contributed by atoms with E-state index < -0.39 is 0 Å². The van der Waals surface area contributed by atoms with E-state index in [1.54, 1.807) is 0 Å². The van der Waals surface area contributed by atoms with Gasteiger partial charge >= 0.3 is 0 Å². The van der Waals surface area contributed by atoms with Crippen molar-refractivity contribution >= 4 is 16.7 Å². The van der Waals surface area contributed by atoms with Crippen molar-refractivity contribution in [2.75, 3.05) is 24.5 Å². The molecule has 1 fully saturated rings. The molecule has 2 aromatic carbocycles. The second-order valence-electron chi connectivity index (χ2n) is 6.26. The van der Waals surface area contributed by atoms with Crippen molar-refractivity contribution in [1.29, 1.82) is 0 Å². The van der Waals surface area contributed by atoms with Crippen molar-refractivity contribution in [2.24, 2.45) is 0 Å². The number of benzene rings is 2. The summed E-state index contributed by atoms with van der Waals surface area (Å²) in [5, 5.41) is 5.93. The van der Waals surface area contributed by atoms with Crippen molar-refractivity contribution in [3.8, 4) is 11.1 Å². The van der Waals surface area contributed by atoms with Gasteiger partial charge in [-0.05, 0) is 22.8 Å². The molecule has 122 valence electrons. The second-order valence-corrected chi connectivity index (χ2v) is 6.26. The van der Waals surface area contributed by atoms with E-state index in [1.807, 2.05) is 12.4 Å². The Bertz CT molecular complexity index is 823. The van der Waals surface area contributed by atoms with Crippen molar-refractivity contribution in [2.45, 2.75) is 19.4 Å². The molecule has 1 aliphatic heterocycles. The molecule has 1 N–H and O–H groups in total. The molecule has 0 spiro atoms. The number of nitrogens with zero attached hydrogens (tertiary/aromatic N) is 3. The Hall–Kier alpha value is -2.46. The van der Waals surface area contributed by atoms with E-state index >= 15 is 0 Å². The molecule has 0 aliphatic carbocycles. The summed E-state index contributed by atoms with van der Waals surface area (Å²) >= 11 is 0. The quantitative estimate of drug-likeness (QED) is 0.802. The number of nitrogens with one attached hydrogen (secondary N) is 1. The first-order chi connectivity index (χ1) is 11.9. The van der Waals surface area contributed by atoms with Gasteiger partial charge < -0.3 is 10.2 Å². The molecule has 1 aromatic heterocycles. The molecular formula is C20H22N4. The lowest BCUT2D eigenvalue weighted by Gasteiger charge is -2.35. The minimum Gasteiger partial charge on any atom is -0.335 e. The average Bonchev–Trinajstić information content (AvgIpc) is 2.67. The largest absolute Gasteiger partial charge is 0.335 e. The fourth-order valence-electron chi connectivity index (χ4n) is 3.47. The molecule has 1 atom stereocenters. The SMILES string of the molecule is CCC1CNCCN1c1ncc(-c2cccc3ccccc23)cn1. The van der Waals surface area contributed by atoms with Crippen molar-refractivity contribution < 1.29 is 0 Å². The number of piperazine rings is 1. The van der Waals surface area contributed by atoms with Crippen LogP contribution in [0, 0.1) is 0 Å². The fourth-order valence-corrected chi connectivity index (χ4v) is 3.47. The number of rotatable bonds is 3. The molecule has 0 saturated carbocycles. The van der Waals surface area contributed by atoms with Crippen LogP contribution in [0.25, 0.3) is 21.9 Å². The van der Waals surface area contributed by atoms with E-state index in [0.717, 1.165) is 37.6 Å². The fraction of sp³-hybridized carbons (Fsp3) is 0.300. The molecule has 0 amide bonds. The summed E-state index contributed by atoms with van der Waals surface area (Å²) in [4.78, 5) is 11.7. The smallest absolute Gasteiger partial charge is 0.225 e. The van der Waals surface area contributed by atoms with E-state index in [0.29, 0.717) is 6.04 Å². The third-order valence-corrected chi connectivity index (χ3v) is 4.82. The number of hydrogen-bond acceptors (Lipinski definition) is 4. The van der Waals surface area contributed by atoms with Crippen LogP contribution in [0.3, 0.4) is 0 Å². The molecule has 1 aliphatic rings. The molecule has 24 heavy (non-hydrogen) atoms. The summed E-state index contributed by atoms with van der Waals surface area (Å²) in [6, 6.07) is 15.3. The molecule has 4 nitrogen and oxygen atoms in total. The lowest BCUT2D eigenvalue weighted by Crippen LogP contribution is -2.51. The van der Waals surface area contributed by atoms with Gasteiger partial charge in [0.15, 0.2) is 0 Å². The molecule has 1 saturated heterocycles. The first-order valence-electron chi connectivity index (χ1n) is 8.64. The van der Waals surface area contributed by atoms with Crippen LogP contribution in [0.1, 0.15) is 13.3 Å². The number of aromatic nitrogens is 2. The van der Waals surface area contributed by atoms with Gasteiger partial charge in [0.2, 0.25) is 5.95 Å². The molecule has 0 radical (unpaired) electrons. The number of anilines is 1. The molecule has 2 heterocycles. The summed E-state index contributed by atoms with van der Waals surface area (Å²) in [6.07, 6.45) is 5.01. The Morgan fingerprint density at radius 3 is 2.71 bits per heavy atom. The summed E-state index contributed by atoms with van der Waals surface area (Å²) < 4.78 is 0. The monoisotopic (exact) mass is 318 g/mol. The Kier molecular flexibility index (Phi) is 4.13. The Labute approximate surface area is 142 Å². The number of fused-ring (bicyclic) bond motifs is 1. The van der Waals surface area contributed by atoms with E-state index in [-0.39, 0.29) is 0 Å². The van der Waals surface area contributed by atoms with Gasteiger partial charge in [-0.15, -0.1) is 0 Å². The van der Waals surface area contributed by atoms with Gasteiger partial charge in [-0.1, -0.05) is 49.4 Å². The van der Waals surface area contributed by atoms with Crippen LogP contribution >= 0.6 is 0 Å². The highest BCUT2D eigenvalue weighted by Crippen LogP contribution is 2.28. The molecular weight excluding hydrogens is 296 g/mol. The van der Waals surface area contributed by atoms with Gasteiger partial charge in [-0.3, -0.25) is 0 Å². The normalized spacial score (nSPS) is 18.0.